The number of nitrogens with one attached hydrogen (secondary N) is 1. The van der Waals surface area contributed by atoms with E-state index in [0.717, 1.165) is 48.4 Å². The molecule has 0 unspecified atom stereocenters. The second-order valence-electron chi connectivity index (χ2n) is 9.46. The van der Waals surface area contributed by atoms with Crippen molar-refractivity contribution < 1.29 is 27.5 Å². The van der Waals surface area contributed by atoms with Crippen LogP contribution in [0.4, 0.5) is 13.2 Å². The van der Waals surface area contributed by atoms with Crippen molar-refractivity contribution in [2.24, 2.45) is 0 Å². The molecule has 5 rings (SSSR count). The fourth-order valence-corrected chi connectivity index (χ4v) is 6.28. The van der Waals surface area contributed by atoms with E-state index < -0.39 is 23.6 Å². The third kappa shape index (κ3) is 4.68. The first kappa shape index (κ1) is 23.9. The minimum atomic E-state index is -4.47. The fourth-order valence-electron chi connectivity index (χ4n) is 5.45. The van der Waals surface area contributed by atoms with Gasteiger partial charge in [-0.2, -0.15) is 13.2 Å². The molecule has 0 radical (unpaired) electrons. The predicted octanol–water partition coefficient (Wildman–Crippen LogP) is 6.61. The van der Waals surface area contributed by atoms with Crippen LogP contribution in [0, 0.1) is 0 Å². The van der Waals surface area contributed by atoms with E-state index in [1.807, 2.05) is 17.5 Å². The lowest BCUT2D eigenvalue weighted by Crippen LogP contribution is -2.36. The SMILES string of the molecule is CC1=C(C(=O)OC2CCCC2)[C@H](c2ccc(C(F)(F)F)cc2)C2=C(C[C@@H](c3cccs3)CC2=O)N1. The van der Waals surface area contributed by atoms with Gasteiger partial charge in [0.05, 0.1) is 11.1 Å². The molecule has 0 spiro atoms. The molecule has 0 amide bonds. The number of hydrogen-bond acceptors (Lipinski definition) is 5. The normalized spacial score (nSPS) is 23.4. The first-order chi connectivity index (χ1) is 16.7. The number of hydrogen-bond donors (Lipinski definition) is 1. The molecule has 1 saturated carbocycles. The average molecular weight is 502 g/mol. The Hall–Kier alpha value is -2.87. The Morgan fingerprint density at radius 1 is 1.09 bits per heavy atom. The molecule has 1 aliphatic heterocycles. The minimum absolute atomic E-state index is 0.0294. The number of halogens is 3. The lowest BCUT2D eigenvalue weighted by Gasteiger charge is -2.36. The molecule has 1 N–H and O–H groups in total. The summed E-state index contributed by atoms with van der Waals surface area (Å²) in [5.74, 6) is -1.34. The topological polar surface area (TPSA) is 55.4 Å². The fraction of sp³-hybridized carbons (Fsp3) is 0.407. The Kier molecular flexibility index (Phi) is 6.34. The summed E-state index contributed by atoms with van der Waals surface area (Å²) in [6.07, 6.45) is -0.164. The Morgan fingerprint density at radius 2 is 1.80 bits per heavy atom. The maximum absolute atomic E-state index is 13.5. The van der Waals surface area contributed by atoms with E-state index in [4.69, 9.17) is 4.74 Å². The zero-order valence-corrected chi connectivity index (χ0v) is 20.1. The van der Waals surface area contributed by atoms with Gasteiger partial charge in [-0.05, 0) is 68.2 Å². The molecular formula is C27H26F3NO3S. The molecule has 3 aliphatic rings. The molecule has 0 saturated heterocycles. The maximum Gasteiger partial charge on any atom is 0.416 e. The second-order valence-corrected chi connectivity index (χ2v) is 10.4. The molecule has 0 bridgehead atoms. The first-order valence-electron chi connectivity index (χ1n) is 11.9. The van der Waals surface area contributed by atoms with Gasteiger partial charge in [0.1, 0.15) is 6.10 Å². The van der Waals surface area contributed by atoms with E-state index in [-0.39, 0.29) is 17.8 Å². The summed E-state index contributed by atoms with van der Waals surface area (Å²) in [6.45, 7) is 1.77. The van der Waals surface area contributed by atoms with E-state index >= 15 is 0 Å². The van der Waals surface area contributed by atoms with Crippen molar-refractivity contribution >= 4 is 23.1 Å². The molecule has 4 nitrogen and oxygen atoms in total. The van der Waals surface area contributed by atoms with Gasteiger partial charge in [0.2, 0.25) is 0 Å². The number of ether oxygens (including phenoxy) is 1. The smallest absolute Gasteiger partial charge is 0.416 e. The number of allylic oxidation sites excluding steroid dienone is 3. The third-order valence-corrected chi connectivity index (χ3v) is 8.18. The molecule has 2 aromatic rings. The number of rotatable bonds is 4. The highest BCUT2D eigenvalue weighted by molar-refractivity contribution is 7.10. The molecule has 8 heteroatoms. The quantitative estimate of drug-likeness (QED) is 0.479. The lowest BCUT2D eigenvalue weighted by molar-refractivity contribution is -0.144. The van der Waals surface area contributed by atoms with Crippen molar-refractivity contribution in [3.8, 4) is 0 Å². The van der Waals surface area contributed by atoms with Crippen LogP contribution in [-0.2, 0) is 20.5 Å². The summed E-state index contributed by atoms with van der Waals surface area (Å²) >= 11 is 1.60. The highest BCUT2D eigenvalue weighted by Gasteiger charge is 2.42. The molecule has 35 heavy (non-hydrogen) atoms. The summed E-state index contributed by atoms with van der Waals surface area (Å²) in [5.41, 5.74) is 1.79. The van der Waals surface area contributed by atoms with E-state index in [1.165, 1.54) is 12.1 Å². The number of carbonyl (C=O) groups excluding carboxylic acids is 2. The number of dihydropyridines is 1. The van der Waals surface area contributed by atoms with Crippen LogP contribution in [-0.4, -0.2) is 17.9 Å². The van der Waals surface area contributed by atoms with Crippen molar-refractivity contribution in [1.29, 1.82) is 0 Å². The Morgan fingerprint density at radius 3 is 2.43 bits per heavy atom. The zero-order valence-electron chi connectivity index (χ0n) is 19.3. The summed E-state index contributed by atoms with van der Waals surface area (Å²) in [5, 5.41) is 5.27. The highest BCUT2D eigenvalue weighted by atomic mass is 32.1. The predicted molar refractivity (Wildman–Crippen MR) is 127 cm³/mol. The summed E-state index contributed by atoms with van der Waals surface area (Å²) in [6, 6.07) is 8.73. The van der Waals surface area contributed by atoms with Crippen molar-refractivity contribution in [3.05, 3.63) is 80.3 Å². The lowest BCUT2D eigenvalue weighted by atomic mass is 9.72. The van der Waals surface area contributed by atoms with Crippen LogP contribution in [0.25, 0.3) is 0 Å². The molecule has 1 fully saturated rings. The van der Waals surface area contributed by atoms with Gasteiger partial charge in [-0.1, -0.05) is 18.2 Å². The van der Waals surface area contributed by atoms with Crippen molar-refractivity contribution in [2.75, 3.05) is 0 Å². The second kappa shape index (κ2) is 9.30. The van der Waals surface area contributed by atoms with Crippen molar-refractivity contribution in [2.45, 2.75) is 69.6 Å². The minimum Gasteiger partial charge on any atom is -0.459 e. The third-order valence-electron chi connectivity index (χ3n) is 7.14. The Bertz CT molecular complexity index is 1190. The number of esters is 1. The highest BCUT2D eigenvalue weighted by Crippen LogP contribution is 2.47. The number of thiophene rings is 1. The van der Waals surface area contributed by atoms with E-state index in [9.17, 15) is 22.8 Å². The zero-order chi connectivity index (χ0) is 24.7. The van der Waals surface area contributed by atoms with Crippen LogP contribution in [0.15, 0.2) is 64.3 Å². The van der Waals surface area contributed by atoms with Gasteiger partial charge in [0.15, 0.2) is 5.78 Å². The monoisotopic (exact) mass is 501 g/mol. The molecule has 184 valence electrons. The Balaban J connectivity index is 1.55. The summed E-state index contributed by atoms with van der Waals surface area (Å²) in [7, 11) is 0. The number of alkyl halides is 3. The van der Waals surface area contributed by atoms with Crippen LogP contribution in [0.1, 0.15) is 73.3 Å². The Labute approximate surface area is 205 Å². The van der Waals surface area contributed by atoms with Crippen LogP contribution >= 0.6 is 11.3 Å². The molecule has 1 aromatic carbocycles. The van der Waals surface area contributed by atoms with Gasteiger partial charge in [-0.15, -0.1) is 11.3 Å². The standard InChI is InChI=1S/C27H26F3NO3S/c1-15-23(26(33)34-19-5-2-3-6-19)24(16-8-10-18(11-9-16)27(28,29)30)25-20(31-15)13-17(14-21(25)32)22-7-4-12-35-22/h4,7-12,17,19,24,31H,2-3,5-6,13-14H2,1H3/t17-,24+/m1/s1. The van der Waals surface area contributed by atoms with Crippen molar-refractivity contribution in [3.63, 3.8) is 0 Å². The van der Waals surface area contributed by atoms with Gasteiger partial charge >= 0.3 is 12.1 Å². The summed E-state index contributed by atoms with van der Waals surface area (Å²) in [4.78, 5) is 28.0. The largest absolute Gasteiger partial charge is 0.459 e. The first-order valence-corrected chi connectivity index (χ1v) is 12.8. The van der Waals surface area contributed by atoms with Crippen LogP contribution < -0.4 is 5.32 Å². The molecule has 2 aliphatic carbocycles. The number of carbonyl (C=O) groups is 2. The van der Waals surface area contributed by atoms with E-state index in [0.29, 0.717) is 35.2 Å². The van der Waals surface area contributed by atoms with Gasteiger partial charge in [0, 0.05) is 40.1 Å². The van der Waals surface area contributed by atoms with Crippen LogP contribution in [0.3, 0.4) is 0 Å². The van der Waals surface area contributed by atoms with Crippen LogP contribution in [0.2, 0.25) is 0 Å². The van der Waals surface area contributed by atoms with Crippen LogP contribution in [0.5, 0.6) is 0 Å². The number of benzene rings is 1. The average Bonchev–Trinajstić information content (AvgIpc) is 3.52. The van der Waals surface area contributed by atoms with Gasteiger partial charge < -0.3 is 10.1 Å². The molecule has 2 heterocycles. The van der Waals surface area contributed by atoms with Gasteiger partial charge in [0.25, 0.3) is 0 Å². The summed E-state index contributed by atoms with van der Waals surface area (Å²) < 4.78 is 45.4. The van der Waals surface area contributed by atoms with E-state index in [1.54, 1.807) is 18.3 Å². The number of Topliss-reactive ketones (excluding diaryl/α,β-unsaturated/α-hetero) is 1. The molecule has 2 atom stereocenters. The molecular weight excluding hydrogens is 475 g/mol. The maximum atomic E-state index is 13.5. The van der Waals surface area contributed by atoms with Gasteiger partial charge in [-0.25, -0.2) is 4.79 Å². The van der Waals surface area contributed by atoms with E-state index in [2.05, 4.69) is 5.32 Å². The van der Waals surface area contributed by atoms with Gasteiger partial charge in [-0.3, -0.25) is 4.79 Å². The molecule has 1 aromatic heterocycles. The van der Waals surface area contributed by atoms with Crippen molar-refractivity contribution in [1.82, 2.24) is 5.32 Å². The number of ketones is 1.